The molecule has 0 saturated carbocycles. The Morgan fingerprint density at radius 1 is 0.344 bits per heavy atom. The average Bonchev–Trinajstić information content (AvgIpc) is 3.80. The Labute approximate surface area is 355 Å². The Morgan fingerprint density at radius 2 is 0.902 bits per heavy atom. The second-order valence-corrected chi connectivity index (χ2v) is 16.8. The molecule has 2 heteroatoms. The first kappa shape index (κ1) is 35.3. The Hall–Kier alpha value is -7.68. The molecule has 12 rings (SSSR count). The first-order valence-corrected chi connectivity index (χ1v) is 21.2. The summed E-state index contributed by atoms with van der Waals surface area (Å²) in [6.07, 6.45) is 0. The molecule has 0 saturated heterocycles. The van der Waals surface area contributed by atoms with E-state index < -0.39 is 0 Å². The Kier molecular flexibility index (Phi) is 7.92. The normalized spacial score (nSPS) is 12.9. The number of benzene rings is 10. The van der Waals surface area contributed by atoms with Crippen LogP contribution < -0.4 is 4.90 Å². The molecule has 0 amide bonds. The predicted molar refractivity (Wildman–Crippen MR) is 257 cm³/mol. The van der Waals surface area contributed by atoms with Crippen molar-refractivity contribution in [3.63, 3.8) is 0 Å². The summed E-state index contributed by atoms with van der Waals surface area (Å²) < 4.78 is 6.43. The monoisotopic (exact) mass is 779 g/mol. The molecule has 10 aromatic carbocycles. The minimum atomic E-state index is -0.109. The van der Waals surface area contributed by atoms with Gasteiger partial charge in [0, 0.05) is 33.0 Å². The van der Waals surface area contributed by atoms with Crippen LogP contribution in [0.5, 0.6) is 0 Å². The van der Waals surface area contributed by atoms with Crippen LogP contribution in [0, 0.1) is 0 Å². The summed E-state index contributed by atoms with van der Waals surface area (Å²) in [5, 5.41) is 7.31. The second-order valence-electron chi connectivity index (χ2n) is 16.8. The van der Waals surface area contributed by atoms with Gasteiger partial charge in [-0.1, -0.05) is 178 Å². The second kappa shape index (κ2) is 13.7. The quantitative estimate of drug-likeness (QED) is 0.156. The third-order valence-electron chi connectivity index (χ3n) is 13.1. The molecule has 1 heterocycles. The van der Waals surface area contributed by atoms with Crippen molar-refractivity contribution < 1.29 is 4.42 Å². The van der Waals surface area contributed by atoms with E-state index in [0.717, 1.165) is 50.1 Å². The van der Waals surface area contributed by atoms with Gasteiger partial charge in [0.2, 0.25) is 0 Å². The Balaban J connectivity index is 1.04. The van der Waals surface area contributed by atoms with Crippen LogP contribution in [0.25, 0.3) is 88.0 Å². The van der Waals surface area contributed by atoms with E-state index in [1.165, 1.54) is 66.1 Å². The molecule has 11 aromatic rings. The highest BCUT2D eigenvalue weighted by molar-refractivity contribution is 6.12. The van der Waals surface area contributed by atoms with Gasteiger partial charge in [-0.15, -0.1) is 0 Å². The Morgan fingerprint density at radius 3 is 1.70 bits per heavy atom. The maximum atomic E-state index is 6.43. The summed E-state index contributed by atoms with van der Waals surface area (Å²) in [5.74, 6) is 0. The molecule has 0 unspecified atom stereocenters. The molecule has 1 aromatic heterocycles. The number of anilines is 3. The minimum absolute atomic E-state index is 0.109. The van der Waals surface area contributed by atoms with Crippen LogP contribution in [-0.2, 0) is 5.41 Å². The van der Waals surface area contributed by atoms with Gasteiger partial charge in [-0.3, -0.25) is 0 Å². The maximum absolute atomic E-state index is 6.43. The zero-order chi connectivity index (χ0) is 40.7. The van der Waals surface area contributed by atoms with Crippen LogP contribution in [0.4, 0.5) is 17.1 Å². The van der Waals surface area contributed by atoms with E-state index >= 15 is 0 Å². The molecular formula is C59H41NO. The number of furan rings is 1. The molecule has 0 fully saturated rings. The van der Waals surface area contributed by atoms with Gasteiger partial charge >= 0.3 is 0 Å². The zero-order valence-electron chi connectivity index (χ0n) is 34.1. The highest BCUT2D eigenvalue weighted by Gasteiger charge is 2.35. The molecule has 1 aliphatic carbocycles. The van der Waals surface area contributed by atoms with E-state index in [0.29, 0.717) is 0 Å². The lowest BCUT2D eigenvalue weighted by atomic mass is 9.81. The molecule has 2 nitrogen and oxygen atoms in total. The van der Waals surface area contributed by atoms with Gasteiger partial charge in [-0.25, -0.2) is 0 Å². The third kappa shape index (κ3) is 5.56. The Bertz CT molecular complexity index is 3520. The van der Waals surface area contributed by atoms with Crippen molar-refractivity contribution in [1.82, 2.24) is 0 Å². The van der Waals surface area contributed by atoms with Crippen molar-refractivity contribution in [2.24, 2.45) is 0 Å². The van der Waals surface area contributed by atoms with Crippen LogP contribution in [0.1, 0.15) is 25.0 Å². The average molecular weight is 780 g/mol. The van der Waals surface area contributed by atoms with E-state index in [1.54, 1.807) is 0 Å². The molecule has 0 radical (unpaired) electrons. The van der Waals surface area contributed by atoms with Crippen LogP contribution >= 0.6 is 0 Å². The van der Waals surface area contributed by atoms with Crippen LogP contribution in [0.2, 0.25) is 0 Å². The number of hydrogen-bond acceptors (Lipinski definition) is 2. The number of nitrogens with zero attached hydrogens (tertiary/aromatic N) is 1. The standard InChI is InChI=1S/C59H41NO/c1-59(2)53-22-9-5-18-49(53)50-34-29-40(36-54(50)59)45-16-6-10-23-55(45)60(56-24-11-7-17-46(56)41-30-35-52-51-19-8-12-25-57(51)61-58(52)37-41)42-31-26-39(27-32-42)44-20-13-21-47-43-15-4-3-14-38(43)28-33-48(44)47/h3-37H,1-2H3. The van der Waals surface area contributed by atoms with E-state index in [2.05, 4.69) is 219 Å². The first-order valence-electron chi connectivity index (χ1n) is 21.2. The lowest BCUT2D eigenvalue weighted by molar-refractivity contribution is 0.660. The smallest absolute Gasteiger partial charge is 0.136 e. The molecule has 0 aliphatic heterocycles. The predicted octanol–water partition coefficient (Wildman–Crippen LogP) is 16.7. The number of hydrogen-bond donors (Lipinski definition) is 0. The highest BCUT2D eigenvalue weighted by atomic mass is 16.3. The fourth-order valence-electron chi connectivity index (χ4n) is 10.1. The molecule has 61 heavy (non-hydrogen) atoms. The van der Waals surface area contributed by atoms with Gasteiger partial charge in [0.1, 0.15) is 11.2 Å². The van der Waals surface area contributed by atoms with Crippen molar-refractivity contribution in [2.45, 2.75) is 19.3 Å². The van der Waals surface area contributed by atoms with E-state index in [-0.39, 0.29) is 5.41 Å². The van der Waals surface area contributed by atoms with Gasteiger partial charge in [0.15, 0.2) is 0 Å². The summed E-state index contributed by atoms with van der Waals surface area (Å²) in [5.41, 5.74) is 17.3. The van der Waals surface area contributed by atoms with Crippen molar-refractivity contribution in [1.29, 1.82) is 0 Å². The fourth-order valence-corrected chi connectivity index (χ4v) is 10.1. The lowest BCUT2D eigenvalue weighted by Crippen LogP contribution is -2.15. The van der Waals surface area contributed by atoms with Crippen LogP contribution in [0.15, 0.2) is 217 Å². The molecule has 0 N–H and O–H groups in total. The third-order valence-corrected chi connectivity index (χ3v) is 13.1. The number of fused-ring (bicyclic) bond motifs is 9. The van der Waals surface area contributed by atoms with Crippen molar-refractivity contribution in [3.8, 4) is 44.5 Å². The van der Waals surface area contributed by atoms with E-state index in [9.17, 15) is 0 Å². The minimum Gasteiger partial charge on any atom is -0.456 e. The summed E-state index contributed by atoms with van der Waals surface area (Å²) in [7, 11) is 0. The zero-order valence-corrected chi connectivity index (χ0v) is 34.1. The molecule has 0 bridgehead atoms. The van der Waals surface area contributed by atoms with Gasteiger partial charge in [0.25, 0.3) is 0 Å². The number of para-hydroxylation sites is 3. The molecule has 0 atom stereocenters. The molecular weight excluding hydrogens is 739 g/mol. The van der Waals surface area contributed by atoms with Gasteiger partial charge < -0.3 is 9.32 Å². The first-order chi connectivity index (χ1) is 30.0. The molecule has 1 aliphatic rings. The van der Waals surface area contributed by atoms with Gasteiger partial charge in [-0.2, -0.15) is 0 Å². The van der Waals surface area contributed by atoms with E-state index in [1.807, 2.05) is 12.1 Å². The summed E-state index contributed by atoms with van der Waals surface area (Å²) >= 11 is 0. The number of rotatable bonds is 6. The van der Waals surface area contributed by atoms with Crippen LogP contribution in [0.3, 0.4) is 0 Å². The van der Waals surface area contributed by atoms with Crippen molar-refractivity contribution in [2.75, 3.05) is 4.90 Å². The largest absolute Gasteiger partial charge is 0.456 e. The van der Waals surface area contributed by atoms with Gasteiger partial charge in [0.05, 0.1) is 11.4 Å². The van der Waals surface area contributed by atoms with Gasteiger partial charge in [-0.05, 0) is 115 Å². The summed E-state index contributed by atoms with van der Waals surface area (Å²) in [4.78, 5) is 2.45. The highest BCUT2D eigenvalue weighted by Crippen LogP contribution is 2.51. The SMILES string of the molecule is CC1(C)c2ccccc2-c2ccc(-c3ccccc3N(c3ccc(-c4cccc5c4ccc4ccccc45)cc3)c3ccccc3-c3ccc4c(c3)oc3ccccc34)cc21. The topological polar surface area (TPSA) is 16.4 Å². The van der Waals surface area contributed by atoms with Crippen molar-refractivity contribution in [3.05, 3.63) is 223 Å². The lowest BCUT2D eigenvalue weighted by Gasteiger charge is -2.30. The summed E-state index contributed by atoms with van der Waals surface area (Å²) in [6.45, 7) is 4.71. The fraction of sp³-hybridized carbons (Fsp3) is 0.0508. The van der Waals surface area contributed by atoms with Crippen LogP contribution in [-0.4, -0.2) is 0 Å². The maximum Gasteiger partial charge on any atom is 0.136 e. The molecule has 0 spiro atoms. The van der Waals surface area contributed by atoms with E-state index in [4.69, 9.17) is 4.42 Å². The molecule has 288 valence electrons. The summed E-state index contributed by atoms with van der Waals surface area (Å²) in [6, 6.07) is 77.5. The van der Waals surface area contributed by atoms with Crippen molar-refractivity contribution >= 4 is 60.5 Å².